The lowest BCUT2D eigenvalue weighted by Crippen LogP contribution is -2.48. The largest absolute Gasteiger partial charge is 0.451 e. The second kappa shape index (κ2) is 6.32. The van der Waals surface area contributed by atoms with Gasteiger partial charge in [0.15, 0.2) is 5.76 Å². The Bertz CT molecular complexity index is 651. The van der Waals surface area contributed by atoms with Crippen LogP contribution in [0.4, 0.5) is 4.39 Å². The Hall–Kier alpha value is -2.14. The molecule has 22 heavy (non-hydrogen) atoms. The van der Waals surface area contributed by atoms with E-state index in [-0.39, 0.29) is 23.5 Å². The Balaban J connectivity index is 1.70. The summed E-state index contributed by atoms with van der Waals surface area (Å²) in [6, 6.07) is 9.54. The van der Waals surface area contributed by atoms with Gasteiger partial charge in [-0.15, -0.1) is 0 Å². The molecule has 0 bridgehead atoms. The summed E-state index contributed by atoms with van der Waals surface area (Å²) in [7, 11) is 0. The van der Waals surface area contributed by atoms with Gasteiger partial charge in [0, 0.05) is 11.6 Å². The lowest BCUT2D eigenvalue weighted by Gasteiger charge is -2.29. The van der Waals surface area contributed by atoms with Crippen LogP contribution in [-0.4, -0.2) is 25.0 Å². The first-order valence-corrected chi connectivity index (χ1v) is 7.51. The zero-order valence-corrected chi connectivity index (χ0v) is 12.4. The highest BCUT2D eigenvalue weighted by Crippen LogP contribution is 2.22. The highest BCUT2D eigenvalue weighted by Gasteiger charge is 2.24. The predicted molar refractivity (Wildman–Crippen MR) is 82.0 cm³/mol. The molecule has 4 nitrogen and oxygen atoms in total. The molecule has 0 aliphatic carbocycles. The highest BCUT2D eigenvalue weighted by atomic mass is 19.1. The third-order valence-corrected chi connectivity index (χ3v) is 4.06. The monoisotopic (exact) mass is 302 g/mol. The third-order valence-electron chi connectivity index (χ3n) is 4.06. The van der Waals surface area contributed by atoms with Crippen LogP contribution in [0, 0.1) is 11.7 Å². The molecule has 1 amide bonds. The van der Waals surface area contributed by atoms with E-state index in [2.05, 4.69) is 17.6 Å². The molecular formula is C17H19FN2O2. The molecule has 1 aliphatic rings. The van der Waals surface area contributed by atoms with Crippen molar-refractivity contribution in [2.75, 3.05) is 13.1 Å². The molecule has 1 saturated heterocycles. The van der Waals surface area contributed by atoms with Gasteiger partial charge in [0.05, 0.1) is 0 Å². The summed E-state index contributed by atoms with van der Waals surface area (Å²) in [6.45, 7) is 3.93. The average molecular weight is 302 g/mol. The molecule has 2 N–H and O–H groups in total. The minimum atomic E-state index is -0.298. The molecule has 5 heteroatoms. The smallest absolute Gasteiger partial charge is 0.287 e. The van der Waals surface area contributed by atoms with Crippen molar-refractivity contribution < 1.29 is 13.6 Å². The standard InChI is InChI=1S/C17H19FN2O2/c1-11-10-19-9-8-14(11)20-17(21)16-7-6-15(22-16)12-2-4-13(18)5-3-12/h2-7,11,14,19H,8-10H2,1H3,(H,20,21). The summed E-state index contributed by atoms with van der Waals surface area (Å²) in [5.74, 6) is 0.734. The van der Waals surface area contributed by atoms with Gasteiger partial charge in [0.1, 0.15) is 11.6 Å². The molecule has 2 unspecified atom stereocenters. The van der Waals surface area contributed by atoms with Gasteiger partial charge in [0.2, 0.25) is 0 Å². The van der Waals surface area contributed by atoms with Crippen molar-refractivity contribution >= 4 is 5.91 Å². The number of amides is 1. The van der Waals surface area contributed by atoms with E-state index in [4.69, 9.17) is 4.42 Å². The number of carbonyl (C=O) groups is 1. The molecule has 0 spiro atoms. The number of benzene rings is 1. The SMILES string of the molecule is CC1CNCCC1NC(=O)c1ccc(-c2ccc(F)cc2)o1. The molecule has 2 heterocycles. The molecule has 1 aromatic heterocycles. The fourth-order valence-electron chi connectivity index (χ4n) is 2.70. The number of furan rings is 1. The molecule has 2 aromatic rings. The normalized spacial score (nSPS) is 21.5. The van der Waals surface area contributed by atoms with E-state index in [1.165, 1.54) is 12.1 Å². The number of piperidine rings is 1. The number of carbonyl (C=O) groups excluding carboxylic acids is 1. The van der Waals surface area contributed by atoms with Gasteiger partial charge in [-0.05, 0) is 61.8 Å². The van der Waals surface area contributed by atoms with Gasteiger partial charge < -0.3 is 15.1 Å². The highest BCUT2D eigenvalue weighted by molar-refractivity contribution is 5.92. The van der Waals surface area contributed by atoms with E-state index in [0.717, 1.165) is 25.1 Å². The number of nitrogens with one attached hydrogen (secondary N) is 2. The predicted octanol–water partition coefficient (Wildman–Crippen LogP) is 2.81. The average Bonchev–Trinajstić information content (AvgIpc) is 3.00. The van der Waals surface area contributed by atoms with Crippen LogP contribution in [0.25, 0.3) is 11.3 Å². The summed E-state index contributed by atoms with van der Waals surface area (Å²) in [6.07, 6.45) is 0.915. The van der Waals surface area contributed by atoms with Crippen molar-refractivity contribution in [1.29, 1.82) is 0 Å². The summed E-state index contributed by atoms with van der Waals surface area (Å²) in [5, 5.41) is 6.33. The maximum Gasteiger partial charge on any atom is 0.287 e. The van der Waals surface area contributed by atoms with Crippen LogP contribution >= 0.6 is 0 Å². The molecule has 116 valence electrons. The van der Waals surface area contributed by atoms with Crippen molar-refractivity contribution in [3.05, 3.63) is 48.0 Å². The van der Waals surface area contributed by atoms with Gasteiger partial charge in [-0.25, -0.2) is 4.39 Å². The third kappa shape index (κ3) is 3.20. The van der Waals surface area contributed by atoms with Crippen LogP contribution < -0.4 is 10.6 Å². The van der Waals surface area contributed by atoms with Crippen LogP contribution in [0.3, 0.4) is 0 Å². The maximum atomic E-state index is 12.9. The van der Waals surface area contributed by atoms with Crippen LogP contribution in [0.1, 0.15) is 23.9 Å². The first-order valence-electron chi connectivity index (χ1n) is 7.51. The van der Waals surface area contributed by atoms with E-state index in [1.807, 2.05) is 0 Å². The van der Waals surface area contributed by atoms with Gasteiger partial charge in [0.25, 0.3) is 5.91 Å². The Morgan fingerprint density at radius 3 is 2.77 bits per heavy atom. The van der Waals surface area contributed by atoms with E-state index in [1.54, 1.807) is 24.3 Å². The van der Waals surface area contributed by atoms with E-state index < -0.39 is 0 Å². The minimum absolute atomic E-state index is 0.160. The van der Waals surface area contributed by atoms with Crippen LogP contribution in [0.2, 0.25) is 0 Å². The first-order chi connectivity index (χ1) is 10.6. The van der Waals surface area contributed by atoms with E-state index >= 15 is 0 Å². The molecule has 3 rings (SSSR count). The fraction of sp³-hybridized carbons (Fsp3) is 0.353. The number of hydrogen-bond acceptors (Lipinski definition) is 3. The lowest BCUT2D eigenvalue weighted by atomic mass is 9.95. The molecule has 2 atom stereocenters. The van der Waals surface area contributed by atoms with Crippen LogP contribution in [-0.2, 0) is 0 Å². The van der Waals surface area contributed by atoms with Gasteiger partial charge >= 0.3 is 0 Å². The summed E-state index contributed by atoms with van der Waals surface area (Å²) in [4.78, 5) is 12.3. The zero-order chi connectivity index (χ0) is 15.5. The van der Waals surface area contributed by atoms with E-state index in [0.29, 0.717) is 11.7 Å². The van der Waals surface area contributed by atoms with Gasteiger partial charge in [-0.2, -0.15) is 0 Å². The summed E-state index contributed by atoms with van der Waals surface area (Å²) < 4.78 is 18.5. The topological polar surface area (TPSA) is 54.3 Å². The second-order valence-electron chi connectivity index (χ2n) is 5.72. The number of rotatable bonds is 3. The number of halogens is 1. The molecule has 1 fully saturated rings. The van der Waals surface area contributed by atoms with Crippen LogP contribution in [0.15, 0.2) is 40.8 Å². The van der Waals surface area contributed by atoms with E-state index in [9.17, 15) is 9.18 Å². The Kier molecular flexibility index (Phi) is 4.24. The molecule has 0 saturated carbocycles. The van der Waals surface area contributed by atoms with Crippen molar-refractivity contribution in [2.45, 2.75) is 19.4 Å². The Morgan fingerprint density at radius 1 is 1.27 bits per heavy atom. The lowest BCUT2D eigenvalue weighted by molar-refractivity contribution is 0.0887. The van der Waals surface area contributed by atoms with Crippen molar-refractivity contribution in [2.24, 2.45) is 5.92 Å². The number of hydrogen-bond donors (Lipinski definition) is 2. The fourth-order valence-corrected chi connectivity index (χ4v) is 2.70. The Morgan fingerprint density at radius 2 is 2.05 bits per heavy atom. The maximum absolute atomic E-state index is 12.9. The molecule has 1 aliphatic heterocycles. The van der Waals surface area contributed by atoms with Gasteiger partial charge in [-0.1, -0.05) is 6.92 Å². The van der Waals surface area contributed by atoms with Crippen LogP contribution in [0.5, 0.6) is 0 Å². The van der Waals surface area contributed by atoms with Crippen molar-refractivity contribution in [1.82, 2.24) is 10.6 Å². The molecular weight excluding hydrogens is 283 g/mol. The molecule has 0 radical (unpaired) electrons. The quantitative estimate of drug-likeness (QED) is 0.916. The summed E-state index contributed by atoms with van der Waals surface area (Å²) >= 11 is 0. The Labute approximate surface area is 128 Å². The first kappa shape index (κ1) is 14.8. The molecule has 1 aromatic carbocycles. The van der Waals surface area contributed by atoms with Gasteiger partial charge in [-0.3, -0.25) is 4.79 Å². The zero-order valence-electron chi connectivity index (χ0n) is 12.4. The minimum Gasteiger partial charge on any atom is -0.451 e. The van der Waals surface area contributed by atoms with Crippen molar-refractivity contribution in [3.63, 3.8) is 0 Å². The second-order valence-corrected chi connectivity index (χ2v) is 5.72. The van der Waals surface area contributed by atoms with Crippen molar-refractivity contribution in [3.8, 4) is 11.3 Å². The summed E-state index contributed by atoms with van der Waals surface area (Å²) in [5.41, 5.74) is 0.746.